The number of rotatable bonds is 3. The van der Waals surface area contributed by atoms with Crippen molar-refractivity contribution in [1.82, 2.24) is 9.80 Å². The first kappa shape index (κ1) is 14.1. The van der Waals surface area contributed by atoms with E-state index in [0.29, 0.717) is 6.04 Å². The molecule has 2 heterocycles. The van der Waals surface area contributed by atoms with Crippen LogP contribution in [0.3, 0.4) is 0 Å². The molecule has 3 atom stereocenters. The van der Waals surface area contributed by atoms with Gasteiger partial charge in [0.15, 0.2) is 0 Å². The Morgan fingerprint density at radius 2 is 1.85 bits per heavy atom. The van der Waals surface area contributed by atoms with Crippen molar-refractivity contribution in [3.63, 3.8) is 0 Å². The molecule has 110 valence electrons. The van der Waals surface area contributed by atoms with E-state index in [1.165, 1.54) is 19.3 Å². The first-order chi connectivity index (χ1) is 9.56. The van der Waals surface area contributed by atoms with Crippen molar-refractivity contribution in [3.8, 4) is 0 Å². The molecule has 1 aromatic carbocycles. The predicted molar refractivity (Wildman–Crippen MR) is 81.6 cm³/mol. The summed E-state index contributed by atoms with van der Waals surface area (Å²) in [6.45, 7) is 4.87. The number of hydrogen-bond acceptors (Lipinski definition) is 3. The molecule has 0 radical (unpaired) electrons. The molecule has 3 unspecified atom stereocenters. The van der Waals surface area contributed by atoms with Gasteiger partial charge in [0, 0.05) is 25.2 Å². The molecular weight excluding hydrogens is 248 g/mol. The van der Waals surface area contributed by atoms with Crippen LogP contribution in [-0.2, 0) is 5.60 Å². The maximum atomic E-state index is 10.8. The molecule has 1 aromatic rings. The Bertz CT molecular complexity index is 446. The van der Waals surface area contributed by atoms with Gasteiger partial charge in [-0.05, 0) is 45.3 Å². The fourth-order valence-electron chi connectivity index (χ4n) is 3.85. The summed E-state index contributed by atoms with van der Waals surface area (Å²) in [5.74, 6) is 0. The Labute approximate surface area is 122 Å². The molecule has 0 aliphatic carbocycles. The van der Waals surface area contributed by atoms with E-state index in [4.69, 9.17) is 0 Å². The highest BCUT2D eigenvalue weighted by Gasteiger charge is 2.36. The van der Waals surface area contributed by atoms with Crippen molar-refractivity contribution >= 4 is 0 Å². The fourth-order valence-corrected chi connectivity index (χ4v) is 3.85. The third kappa shape index (κ3) is 2.76. The minimum absolute atomic E-state index is 0.675. The van der Waals surface area contributed by atoms with Crippen molar-refractivity contribution in [2.45, 2.75) is 43.9 Å². The summed E-state index contributed by atoms with van der Waals surface area (Å²) < 4.78 is 0. The van der Waals surface area contributed by atoms with Crippen LogP contribution in [0.5, 0.6) is 0 Å². The standard InChI is InChI=1S/C17H26N2O/c1-17(20,14-6-4-3-5-7-14)13-19-11-10-15-8-9-16(12-19)18(15)2/h3-7,15-16,20H,8-13H2,1-2H3. The lowest BCUT2D eigenvalue weighted by Crippen LogP contribution is -2.43. The van der Waals surface area contributed by atoms with Gasteiger partial charge in [0.1, 0.15) is 0 Å². The number of aliphatic hydroxyl groups is 1. The minimum atomic E-state index is -0.761. The van der Waals surface area contributed by atoms with Gasteiger partial charge in [0.25, 0.3) is 0 Å². The Kier molecular flexibility index (Phi) is 3.85. The molecule has 0 aromatic heterocycles. The van der Waals surface area contributed by atoms with Crippen LogP contribution >= 0.6 is 0 Å². The number of likely N-dealkylation sites (N-methyl/N-ethyl adjacent to an activating group) is 1. The van der Waals surface area contributed by atoms with Gasteiger partial charge in [0.05, 0.1) is 5.60 Å². The van der Waals surface area contributed by atoms with Gasteiger partial charge in [-0.3, -0.25) is 9.80 Å². The van der Waals surface area contributed by atoms with Crippen LogP contribution < -0.4 is 0 Å². The molecule has 2 fully saturated rings. The normalized spacial score (nSPS) is 30.9. The second-order valence-electron chi connectivity index (χ2n) is 6.71. The highest BCUT2D eigenvalue weighted by atomic mass is 16.3. The van der Waals surface area contributed by atoms with Gasteiger partial charge in [0.2, 0.25) is 0 Å². The van der Waals surface area contributed by atoms with E-state index < -0.39 is 5.60 Å². The Morgan fingerprint density at radius 3 is 2.60 bits per heavy atom. The quantitative estimate of drug-likeness (QED) is 0.914. The third-order valence-corrected chi connectivity index (χ3v) is 5.16. The molecule has 20 heavy (non-hydrogen) atoms. The van der Waals surface area contributed by atoms with E-state index in [1.54, 1.807) is 0 Å². The summed E-state index contributed by atoms with van der Waals surface area (Å²) in [4.78, 5) is 5.00. The zero-order valence-corrected chi connectivity index (χ0v) is 12.6. The number of nitrogens with zero attached hydrogens (tertiary/aromatic N) is 2. The molecule has 2 bridgehead atoms. The molecule has 2 aliphatic heterocycles. The van der Waals surface area contributed by atoms with Gasteiger partial charge >= 0.3 is 0 Å². The maximum absolute atomic E-state index is 10.8. The molecule has 3 heteroatoms. The summed E-state index contributed by atoms with van der Waals surface area (Å²) in [5, 5.41) is 10.8. The first-order valence-corrected chi connectivity index (χ1v) is 7.78. The summed E-state index contributed by atoms with van der Waals surface area (Å²) >= 11 is 0. The van der Waals surface area contributed by atoms with Crippen LogP contribution in [-0.4, -0.2) is 53.7 Å². The van der Waals surface area contributed by atoms with Crippen LogP contribution in [0.25, 0.3) is 0 Å². The third-order valence-electron chi connectivity index (χ3n) is 5.16. The van der Waals surface area contributed by atoms with E-state index >= 15 is 0 Å². The zero-order chi connectivity index (χ0) is 14.2. The summed E-state index contributed by atoms with van der Waals surface area (Å²) in [7, 11) is 2.27. The molecular formula is C17H26N2O. The number of β-amino-alcohol motifs (C(OH)–C–C–N with tert-alkyl or cyclic N) is 1. The fraction of sp³-hybridized carbons (Fsp3) is 0.647. The van der Waals surface area contributed by atoms with E-state index in [1.807, 2.05) is 37.3 Å². The van der Waals surface area contributed by atoms with Gasteiger partial charge < -0.3 is 5.11 Å². The van der Waals surface area contributed by atoms with Crippen molar-refractivity contribution in [2.24, 2.45) is 0 Å². The number of fused-ring (bicyclic) bond motifs is 2. The van der Waals surface area contributed by atoms with Crippen molar-refractivity contribution in [2.75, 3.05) is 26.7 Å². The van der Waals surface area contributed by atoms with E-state index in [2.05, 4.69) is 16.8 Å². The SMILES string of the molecule is CN1C2CCC1CN(CC(C)(O)c1ccccc1)CC2. The van der Waals surface area contributed by atoms with Crippen molar-refractivity contribution in [3.05, 3.63) is 35.9 Å². The largest absolute Gasteiger partial charge is 0.384 e. The van der Waals surface area contributed by atoms with Crippen molar-refractivity contribution in [1.29, 1.82) is 0 Å². The highest BCUT2D eigenvalue weighted by molar-refractivity contribution is 5.21. The lowest BCUT2D eigenvalue weighted by molar-refractivity contribution is 0.0136. The first-order valence-electron chi connectivity index (χ1n) is 7.78. The van der Waals surface area contributed by atoms with Crippen LogP contribution in [0.1, 0.15) is 31.7 Å². The van der Waals surface area contributed by atoms with Gasteiger partial charge in [-0.25, -0.2) is 0 Å². The minimum Gasteiger partial charge on any atom is -0.384 e. The van der Waals surface area contributed by atoms with Crippen LogP contribution in [0.15, 0.2) is 30.3 Å². The van der Waals surface area contributed by atoms with Crippen molar-refractivity contribution < 1.29 is 5.11 Å². The van der Waals surface area contributed by atoms with Crippen LogP contribution in [0, 0.1) is 0 Å². The molecule has 0 amide bonds. The molecule has 1 N–H and O–H groups in total. The van der Waals surface area contributed by atoms with Gasteiger partial charge in [-0.1, -0.05) is 30.3 Å². The van der Waals surface area contributed by atoms with Gasteiger partial charge in [-0.2, -0.15) is 0 Å². The van der Waals surface area contributed by atoms with E-state index in [0.717, 1.165) is 31.2 Å². The van der Waals surface area contributed by atoms with Gasteiger partial charge in [-0.15, -0.1) is 0 Å². The number of hydrogen-bond donors (Lipinski definition) is 1. The topological polar surface area (TPSA) is 26.7 Å². The molecule has 3 nitrogen and oxygen atoms in total. The lowest BCUT2D eigenvalue weighted by atomic mass is 9.95. The molecule has 0 spiro atoms. The average Bonchev–Trinajstić information content (AvgIpc) is 2.68. The van der Waals surface area contributed by atoms with E-state index in [-0.39, 0.29) is 0 Å². The Morgan fingerprint density at radius 1 is 1.15 bits per heavy atom. The number of likely N-dealkylation sites (tertiary alicyclic amines) is 1. The lowest BCUT2D eigenvalue weighted by Gasteiger charge is -2.33. The molecule has 2 aliphatic rings. The highest BCUT2D eigenvalue weighted by Crippen LogP contribution is 2.30. The van der Waals surface area contributed by atoms with E-state index in [9.17, 15) is 5.11 Å². The second-order valence-corrected chi connectivity index (χ2v) is 6.71. The Balaban J connectivity index is 1.68. The van der Waals surface area contributed by atoms with Crippen LogP contribution in [0.4, 0.5) is 0 Å². The zero-order valence-electron chi connectivity index (χ0n) is 12.6. The number of benzene rings is 1. The monoisotopic (exact) mass is 274 g/mol. The maximum Gasteiger partial charge on any atom is 0.0994 e. The predicted octanol–water partition coefficient (Wildman–Crippen LogP) is 2.06. The smallest absolute Gasteiger partial charge is 0.0994 e. The summed E-state index contributed by atoms with van der Waals surface area (Å²) in [5.41, 5.74) is 0.256. The molecule has 0 saturated carbocycles. The molecule has 3 rings (SSSR count). The van der Waals surface area contributed by atoms with Crippen LogP contribution in [0.2, 0.25) is 0 Å². The average molecular weight is 274 g/mol. The second kappa shape index (κ2) is 5.47. The Hall–Kier alpha value is -0.900. The molecule has 2 saturated heterocycles. The summed E-state index contributed by atoms with van der Waals surface area (Å²) in [6, 6.07) is 11.5. The summed E-state index contributed by atoms with van der Waals surface area (Å²) in [6.07, 6.45) is 3.90.